The van der Waals surface area contributed by atoms with E-state index in [0.29, 0.717) is 77.0 Å². The van der Waals surface area contributed by atoms with E-state index in [1.54, 1.807) is 46.9 Å². The first-order valence-corrected chi connectivity index (χ1v) is 19.5. The number of rotatable bonds is 8. The molecule has 12 nitrogen and oxygen atoms in total. The minimum atomic E-state index is -0.294. The number of hydrogen-bond acceptors (Lipinski definition) is 11. The van der Waals surface area contributed by atoms with Crippen LogP contribution in [-0.4, -0.2) is 25.4 Å². The number of nitrogens with zero attached hydrogens (tertiary/aromatic N) is 6. The molecule has 1 aliphatic rings. The number of hydrogen-bond donors (Lipinski definition) is 3. The first-order chi connectivity index (χ1) is 29.8. The van der Waals surface area contributed by atoms with E-state index < -0.39 is 0 Å². The highest BCUT2D eigenvalue weighted by Crippen LogP contribution is 2.44. The number of ketones is 1. The number of para-hydroxylation sites is 3. The van der Waals surface area contributed by atoms with E-state index in [1.165, 1.54) is 6.07 Å². The molecule has 0 amide bonds. The molecule has 0 atom stereocenters. The molecule has 0 bridgehead atoms. The zero-order valence-corrected chi connectivity index (χ0v) is 32.4. The van der Waals surface area contributed by atoms with Crippen LogP contribution in [0.15, 0.2) is 165 Å². The number of imidazole rings is 1. The lowest BCUT2D eigenvalue weighted by molar-refractivity contribution is 0.104. The third-order valence-electron chi connectivity index (χ3n) is 11.0. The molecule has 292 valence electrons. The van der Waals surface area contributed by atoms with Crippen LogP contribution >= 0.6 is 11.6 Å². The number of carbonyl (C=O) groups is 1. The average Bonchev–Trinajstić information content (AvgIpc) is 3.80. The van der Waals surface area contributed by atoms with Gasteiger partial charge in [0.15, 0.2) is 5.78 Å². The highest BCUT2D eigenvalue weighted by molar-refractivity contribution is 6.33. The number of aromatic hydroxyl groups is 2. The van der Waals surface area contributed by atoms with Gasteiger partial charge in [0, 0.05) is 38.2 Å². The van der Waals surface area contributed by atoms with Gasteiger partial charge in [-0.15, -0.1) is 10.2 Å². The molecule has 0 fully saturated rings. The quantitative estimate of drug-likeness (QED) is 0.101. The zero-order valence-electron chi connectivity index (χ0n) is 31.7. The third kappa shape index (κ3) is 5.84. The van der Waals surface area contributed by atoms with Crippen LogP contribution in [0.25, 0.3) is 60.1 Å². The van der Waals surface area contributed by atoms with E-state index in [1.807, 2.05) is 91.0 Å². The molecular formula is C48H28ClN7O5. The lowest BCUT2D eigenvalue weighted by atomic mass is 10.0. The number of azo groups is 2. The van der Waals surface area contributed by atoms with E-state index in [2.05, 4.69) is 25.9 Å². The van der Waals surface area contributed by atoms with E-state index in [0.717, 1.165) is 21.9 Å². The maximum absolute atomic E-state index is 13.9. The Bertz CT molecular complexity index is 3620. The van der Waals surface area contributed by atoms with Crippen LogP contribution in [0.1, 0.15) is 21.5 Å². The van der Waals surface area contributed by atoms with Crippen molar-refractivity contribution in [2.24, 2.45) is 20.5 Å². The molecule has 0 saturated heterocycles. The predicted molar refractivity (Wildman–Crippen MR) is 236 cm³/mol. The molecule has 0 aliphatic heterocycles. The van der Waals surface area contributed by atoms with Crippen molar-refractivity contribution in [3.05, 3.63) is 172 Å². The first kappa shape index (κ1) is 36.1. The van der Waals surface area contributed by atoms with Gasteiger partial charge in [-0.1, -0.05) is 90.5 Å². The Morgan fingerprint density at radius 3 is 2.10 bits per heavy atom. The van der Waals surface area contributed by atoms with Crippen LogP contribution in [0, 0.1) is 0 Å². The van der Waals surface area contributed by atoms with Gasteiger partial charge in [0.05, 0.1) is 38.5 Å². The molecule has 0 unspecified atom stereocenters. The van der Waals surface area contributed by atoms with E-state index in [4.69, 9.17) is 21.4 Å². The minimum Gasteiger partial charge on any atom is -0.506 e. The summed E-state index contributed by atoms with van der Waals surface area (Å²) in [7, 11) is 0. The fraction of sp³-hybridized carbons (Fsp3) is 0.0208. The number of anilines is 1. The van der Waals surface area contributed by atoms with Crippen LogP contribution in [0.3, 0.4) is 0 Å². The SMILES string of the molecule is O=C1c2cc(N=Nc3c(O)c(CONc4ccccc4Cl)cc4ccccc34)ccc2-c2ccc(N=Nc3c(O)cc4c(=O)n5c6ccccc6nc5c5cccc3c45)cc21. The Morgan fingerprint density at radius 2 is 1.31 bits per heavy atom. The Balaban J connectivity index is 0.885. The molecule has 3 N–H and O–H groups in total. The molecule has 13 heteroatoms. The fourth-order valence-corrected chi connectivity index (χ4v) is 8.34. The smallest absolute Gasteiger partial charge is 0.264 e. The average molecular weight is 818 g/mol. The number of halogens is 1. The van der Waals surface area contributed by atoms with Crippen LogP contribution in [0.4, 0.5) is 28.4 Å². The normalized spacial score (nSPS) is 12.6. The van der Waals surface area contributed by atoms with Gasteiger partial charge in [-0.2, -0.15) is 10.2 Å². The molecule has 0 spiro atoms. The molecule has 61 heavy (non-hydrogen) atoms. The van der Waals surface area contributed by atoms with E-state index >= 15 is 0 Å². The van der Waals surface area contributed by atoms with Gasteiger partial charge in [0.1, 0.15) is 35.1 Å². The predicted octanol–water partition coefficient (Wildman–Crippen LogP) is 12.4. The summed E-state index contributed by atoms with van der Waals surface area (Å²) in [6.45, 7) is 0.00814. The van der Waals surface area contributed by atoms with Crippen LogP contribution in [0.2, 0.25) is 5.02 Å². The van der Waals surface area contributed by atoms with Crippen molar-refractivity contribution in [2.45, 2.75) is 6.61 Å². The molecule has 0 radical (unpaired) electrons. The Labute approximate surface area is 349 Å². The minimum absolute atomic E-state index is 0.00814. The first-order valence-electron chi connectivity index (χ1n) is 19.2. The van der Waals surface area contributed by atoms with Gasteiger partial charge in [0.25, 0.3) is 5.56 Å². The van der Waals surface area contributed by atoms with Gasteiger partial charge >= 0.3 is 0 Å². The molecule has 2 aromatic heterocycles. The maximum Gasteiger partial charge on any atom is 0.264 e. The van der Waals surface area contributed by atoms with E-state index in [9.17, 15) is 19.8 Å². The van der Waals surface area contributed by atoms with Gasteiger partial charge in [-0.3, -0.25) is 24.3 Å². The highest BCUT2D eigenvalue weighted by Gasteiger charge is 2.28. The van der Waals surface area contributed by atoms with Crippen molar-refractivity contribution in [1.82, 2.24) is 9.38 Å². The van der Waals surface area contributed by atoms with Crippen LogP contribution in [0.5, 0.6) is 11.5 Å². The summed E-state index contributed by atoms with van der Waals surface area (Å²) in [6.07, 6.45) is 0. The number of carbonyl (C=O) groups excluding carboxylic acids is 1. The molecule has 1 aliphatic carbocycles. The Kier molecular flexibility index (Phi) is 8.30. The summed E-state index contributed by atoms with van der Waals surface area (Å²) >= 11 is 6.24. The number of phenolic OH excluding ortho intramolecular Hbond substituents is 2. The number of fused-ring (bicyclic) bond motifs is 8. The largest absolute Gasteiger partial charge is 0.506 e. The fourth-order valence-electron chi connectivity index (χ4n) is 8.16. The summed E-state index contributed by atoms with van der Waals surface area (Å²) in [5.74, 6) is -0.517. The van der Waals surface area contributed by atoms with Crippen LogP contribution < -0.4 is 11.0 Å². The standard InChI is InChI=1S/C48H28ClN7O5/c49-37-12-3-4-13-38(37)55-61-24-26-20-25-8-1-2-9-29(25)44(45(26)58)54-52-28-17-19-31-30-18-16-27(21-34(30)46(59)35(31)22-28)51-53-43-32-10-7-11-33-42(32)36(23-41(43)57)48(60)56-40-15-6-5-14-39(40)50-47(33)56/h1-23,55,57-58H,24H2. The summed E-state index contributed by atoms with van der Waals surface area (Å²) in [6, 6.07) is 41.3. The third-order valence-corrected chi connectivity index (χ3v) is 11.4. The second kappa shape index (κ2) is 14.1. The van der Waals surface area contributed by atoms with Gasteiger partial charge < -0.3 is 10.2 Å². The number of phenols is 2. The second-order valence-corrected chi connectivity index (χ2v) is 15.0. The van der Waals surface area contributed by atoms with Crippen molar-refractivity contribution in [3.8, 4) is 22.6 Å². The summed E-state index contributed by atoms with van der Waals surface area (Å²) in [5, 5.41) is 44.7. The van der Waals surface area contributed by atoms with Gasteiger partial charge in [-0.25, -0.2) is 4.98 Å². The zero-order chi connectivity index (χ0) is 41.4. The van der Waals surface area contributed by atoms with Crippen molar-refractivity contribution >= 4 is 94.8 Å². The Morgan fingerprint density at radius 1 is 0.639 bits per heavy atom. The van der Waals surface area contributed by atoms with Crippen molar-refractivity contribution < 1.29 is 19.8 Å². The monoisotopic (exact) mass is 817 g/mol. The van der Waals surface area contributed by atoms with Gasteiger partial charge in [-0.05, 0) is 77.2 Å². The molecule has 10 aromatic rings. The highest BCUT2D eigenvalue weighted by atomic mass is 35.5. The summed E-state index contributed by atoms with van der Waals surface area (Å²) < 4.78 is 1.57. The molecular weight excluding hydrogens is 790 g/mol. The lowest BCUT2D eigenvalue weighted by Gasteiger charge is -2.12. The van der Waals surface area contributed by atoms with Crippen molar-refractivity contribution in [1.29, 1.82) is 0 Å². The lowest BCUT2D eigenvalue weighted by Crippen LogP contribution is -2.13. The topological polar surface area (TPSA) is 163 Å². The van der Waals surface area contributed by atoms with Crippen molar-refractivity contribution in [3.63, 3.8) is 0 Å². The molecule has 8 aromatic carbocycles. The number of benzene rings is 8. The Hall–Kier alpha value is -8.06. The molecule has 11 rings (SSSR count). The number of aromatic nitrogens is 2. The second-order valence-electron chi connectivity index (χ2n) is 14.6. The van der Waals surface area contributed by atoms with Crippen LogP contribution in [-0.2, 0) is 11.4 Å². The van der Waals surface area contributed by atoms with Gasteiger partial charge in [0.2, 0.25) is 0 Å². The summed E-state index contributed by atoms with van der Waals surface area (Å²) in [5.41, 5.74) is 9.10. The van der Waals surface area contributed by atoms with E-state index in [-0.39, 0.29) is 40.8 Å². The van der Waals surface area contributed by atoms with Crippen molar-refractivity contribution in [2.75, 3.05) is 5.48 Å². The summed E-state index contributed by atoms with van der Waals surface area (Å²) in [4.78, 5) is 38.2. The number of nitrogens with one attached hydrogen (secondary N) is 1. The maximum atomic E-state index is 13.9. The number of pyridine rings is 1. The molecule has 0 saturated carbocycles. The molecule has 2 heterocycles.